The van der Waals surface area contributed by atoms with Crippen molar-refractivity contribution in [3.05, 3.63) is 0 Å². The van der Waals surface area contributed by atoms with Crippen LogP contribution in [0, 0.1) is 5.92 Å². The molecule has 0 spiro atoms. The number of rotatable bonds is 11. The average molecular weight is 443 g/mol. The summed E-state index contributed by atoms with van der Waals surface area (Å²) in [7, 11) is 0. The summed E-state index contributed by atoms with van der Waals surface area (Å²) in [6.07, 6.45) is -0.755. The number of nitrogens with two attached hydrogens (primary N) is 2. The fourth-order valence-electron chi connectivity index (χ4n) is 3.12. The van der Waals surface area contributed by atoms with E-state index >= 15 is 0 Å². The van der Waals surface area contributed by atoms with E-state index in [4.69, 9.17) is 21.7 Å². The minimum absolute atomic E-state index is 0.120. The molecule has 8 N–H and O–H groups in total. The Kier molecular flexibility index (Phi) is 9.37. The zero-order valence-electron chi connectivity index (χ0n) is 17.4. The van der Waals surface area contributed by atoms with Crippen LogP contribution in [0.4, 0.5) is 0 Å². The maximum atomic E-state index is 13.0. The predicted octanol–water partition coefficient (Wildman–Crippen LogP) is -2.63. The number of carbonyl (C=O) groups excluding carboxylic acids is 4. The number of carboxylic acid groups (broad SMARTS) is 2. The Bertz CT molecular complexity index is 740. The van der Waals surface area contributed by atoms with Gasteiger partial charge in [0.15, 0.2) is 0 Å². The first kappa shape index (κ1) is 25.8. The molecule has 31 heavy (non-hydrogen) atoms. The molecule has 4 amide bonds. The van der Waals surface area contributed by atoms with Crippen molar-refractivity contribution in [2.75, 3.05) is 6.54 Å². The number of carbonyl (C=O) groups is 6. The summed E-state index contributed by atoms with van der Waals surface area (Å²) < 4.78 is 0. The summed E-state index contributed by atoms with van der Waals surface area (Å²) in [5, 5.41) is 22.4. The lowest BCUT2D eigenvalue weighted by Gasteiger charge is -2.29. The minimum atomic E-state index is -1.67. The van der Waals surface area contributed by atoms with Gasteiger partial charge in [-0.05, 0) is 18.8 Å². The molecule has 0 radical (unpaired) electrons. The SMILES string of the molecule is CC(C)C(N)C(=O)NC(CC(N)=O)C(=O)N1CCCC1C(=O)NC(CC(=O)O)C(=O)O. The van der Waals surface area contributed by atoms with Gasteiger partial charge in [0.1, 0.15) is 18.1 Å². The van der Waals surface area contributed by atoms with Crippen molar-refractivity contribution in [1.29, 1.82) is 0 Å². The van der Waals surface area contributed by atoms with Crippen molar-refractivity contribution < 1.29 is 39.0 Å². The van der Waals surface area contributed by atoms with Crippen molar-refractivity contribution in [3.8, 4) is 0 Å². The number of aliphatic carboxylic acids is 2. The number of amides is 4. The van der Waals surface area contributed by atoms with E-state index in [1.54, 1.807) is 13.8 Å². The molecule has 0 aromatic rings. The molecule has 1 fully saturated rings. The van der Waals surface area contributed by atoms with Crippen LogP contribution in [0.2, 0.25) is 0 Å². The standard InChI is InChI=1S/C18H29N5O8/c1-8(2)14(20)16(28)21-9(6-12(19)24)17(29)23-5-3-4-11(23)15(27)22-10(18(30)31)7-13(25)26/h8-11,14H,3-7,20H2,1-2H3,(H2,19,24)(H,21,28)(H,22,27)(H,25,26)(H,30,31). The van der Waals surface area contributed by atoms with E-state index < -0.39 is 72.6 Å². The Hall–Kier alpha value is -3.22. The summed E-state index contributed by atoms with van der Waals surface area (Å²) in [4.78, 5) is 72.4. The van der Waals surface area contributed by atoms with Gasteiger partial charge in [0.25, 0.3) is 0 Å². The molecule has 174 valence electrons. The average Bonchev–Trinajstić information content (AvgIpc) is 3.14. The van der Waals surface area contributed by atoms with Gasteiger partial charge in [0, 0.05) is 6.54 Å². The molecule has 13 heteroatoms. The molecule has 4 atom stereocenters. The highest BCUT2D eigenvalue weighted by Crippen LogP contribution is 2.20. The van der Waals surface area contributed by atoms with Gasteiger partial charge < -0.3 is 37.2 Å². The van der Waals surface area contributed by atoms with Gasteiger partial charge in [0.2, 0.25) is 23.6 Å². The fourth-order valence-corrected chi connectivity index (χ4v) is 3.12. The minimum Gasteiger partial charge on any atom is -0.481 e. The molecule has 1 aliphatic rings. The Morgan fingerprint density at radius 3 is 2.13 bits per heavy atom. The lowest BCUT2D eigenvalue weighted by molar-refractivity contribution is -0.148. The predicted molar refractivity (Wildman–Crippen MR) is 105 cm³/mol. The lowest BCUT2D eigenvalue weighted by Crippen LogP contribution is -2.58. The Labute approximate surface area is 178 Å². The van der Waals surface area contributed by atoms with Crippen molar-refractivity contribution in [2.24, 2.45) is 17.4 Å². The molecule has 0 bridgehead atoms. The van der Waals surface area contributed by atoms with E-state index in [1.807, 2.05) is 0 Å². The van der Waals surface area contributed by atoms with Crippen molar-refractivity contribution >= 4 is 35.6 Å². The van der Waals surface area contributed by atoms with E-state index in [9.17, 15) is 28.8 Å². The molecule has 1 rings (SSSR count). The highest BCUT2D eigenvalue weighted by Gasteiger charge is 2.39. The van der Waals surface area contributed by atoms with E-state index in [0.717, 1.165) is 4.90 Å². The number of carboxylic acids is 2. The number of hydrogen-bond donors (Lipinski definition) is 6. The van der Waals surface area contributed by atoms with Gasteiger partial charge in [-0.2, -0.15) is 0 Å². The number of nitrogens with one attached hydrogen (secondary N) is 2. The van der Waals surface area contributed by atoms with E-state index in [2.05, 4.69) is 10.6 Å². The van der Waals surface area contributed by atoms with Gasteiger partial charge in [-0.3, -0.25) is 24.0 Å². The molecular formula is C18H29N5O8. The highest BCUT2D eigenvalue weighted by atomic mass is 16.4. The van der Waals surface area contributed by atoms with E-state index in [1.165, 1.54) is 0 Å². The van der Waals surface area contributed by atoms with Crippen molar-refractivity contribution in [3.63, 3.8) is 0 Å². The monoisotopic (exact) mass is 443 g/mol. The normalized spacial score (nSPS) is 18.7. The third kappa shape index (κ3) is 7.51. The van der Waals surface area contributed by atoms with Crippen LogP contribution in [-0.2, 0) is 28.8 Å². The van der Waals surface area contributed by atoms with Crippen LogP contribution >= 0.6 is 0 Å². The molecule has 0 aromatic heterocycles. The fraction of sp³-hybridized carbons (Fsp3) is 0.667. The maximum absolute atomic E-state index is 13.0. The van der Waals surface area contributed by atoms with Crippen LogP contribution < -0.4 is 22.1 Å². The molecule has 1 aliphatic heterocycles. The third-order valence-electron chi connectivity index (χ3n) is 4.87. The van der Waals surface area contributed by atoms with Gasteiger partial charge in [0.05, 0.1) is 18.9 Å². The second kappa shape index (κ2) is 11.2. The highest BCUT2D eigenvalue weighted by molar-refractivity contribution is 5.96. The smallest absolute Gasteiger partial charge is 0.326 e. The van der Waals surface area contributed by atoms with Gasteiger partial charge in [-0.15, -0.1) is 0 Å². The first-order valence-corrected chi connectivity index (χ1v) is 9.74. The van der Waals surface area contributed by atoms with Crippen LogP contribution in [0.1, 0.15) is 39.5 Å². The Balaban J connectivity index is 2.98. The maximum Gasteiger partial charge on any atom is 0.326 e. The summed E-state index contributed by atoms with van der Waals surface area (Å²) >= 11 is 0. The summed E-state index contributed by atoms with van der Waals surface area (Å²) in [6, 6.07) is -5.05. The molecule has 1 saturated heterocycles. The summed E-state index contributed by atoms with van der Waals surface area (Å²) in [5.41, 5.74) is 11.0. The van der Waals surface area contributed by atoms with E-state index in [-0.39, 0.29) is 18.9 Å². The molecule has 0 aromatic carbocycles. The van der Waals surface area contributed by atoms with Crippen LogP contribution in [0.3, 0.4) is 0 Å². The first-order chi connectivity index (χ1) is 14.3. The second-order valence-electron chi connectivity index (χ2n) is 7.69. The van der Waals surface area contributed by atoms with Crippen molar-refractivity contribution in [1.82, 2.24) is 15.5 Å². The zero-order chi connectivity index (χ0) is 23.9. The molecular weight excluding hydrogens is 414 g/mol. The van der Waals surface area contributed by atoms with Gasteiger partial charge >= 0.3 is 11.9 Å². The second-order valence-corrected chi connectivity index (χ2v) is 7.69. The van der Waals surface area contributed by atoms with Crippen molar-refractivity contribution in [2.45, 2.75) is 63.7 Å². The van der Waals surface area contributed by atoms with Crippen LogP contribution in [0.25, 0.3) is 0 Å². The Morgan fingerprint density at radius 2 is 1.65 bits per heavy atom. The van der Waals surface area contributed by atoms with Crippen LogP contribution in [0.5, 0.6) is 0 Å². The van der Waals surface area contributed by atoms with Crippen LogP contribution in [0.15, 0.2) is 0 Å². The topological polar surface area (TPSA) is 222 Å². The Morgan fingerprint density at radius 1 is 1.03 bits per heavy atom. The van der Waals surface area contributed by atoms with Gasteiger partial charge in [-0.1, -0.05) is 13.8 Å². The number of primary amides is 1. The first-order valence-electron chi connectivity index (χ1n) is 9.74. The third-order valence-corrected chi connectivity index (χ3v) is 4.87. The largest absolute Gasteiger partial charge is 0.481 e. The lowest BCUT2D eigenvalue weighted by atomic mass is 10.0. The number of hydrogen-bond acceptors (Lipinski definition) is 7. The molecule has 0 aliphatic carbocycles. The number of likely N-dealkylation sites (tertiary alicyclic amines) is 1. The summed E-state index contributed by atoms with van der Waals surface area (Å²) in [6.45, 7) is 3.52. The van der Waals surface area contributed by atoms with E-state index in [0.29, 0.717) is 6.42 Å². The quantitative estimate of drug-likeness (QED) is 0.196. The molecule has 1 heterocycles. The molecule has 0 saturated carbocycles. The number of nitrogens with zero attached hydrogens (tertiary/aromatic N) is 1. The summed E-state index contributed by atoms with van der Waals surface area (Å²) in [5.74, 6) is -6.30. The zero-order valence-corrected chi connectivity index (χ0v) is 17.4. The van der Waals surface area contributed by atoms with Gasteiger partial charge in [-0.25, -0.2) is 4.79 Å². The molecule has 4 unspecified atom stereocenters. The molecule has 13 nitrogen and oxygen atoms in total. The van der Waals surface area contributed by atoms with Crippen LogP contribution in [-0.4, -0.2) is 81.4 Å².